The van der Waals surface area contributed by atoms with Crippen molar-refractivity contribution in [3.05, 3.63) is 100 Å². The highest BCUT2D eigenvalue weighted by atomic mass is 35.5. The third-order valence-electron chi connectivity index (χ3n) is 5.76. The molecule has 0 saturated carbocycles. The second-order valence-electron chi connectivity index (χ2n) is 8.09. The van der Waals surface area contributed by atoms with Crippen molar-refractivity contribution in [2.24, 2.45) is 0 Å². The van der Waals surface area contributed by atoms with Crippen LogP contribution in [0.4, 0.5) is 5.69 Å². The molecule has 6 heteroatoms. The highest BCUT2D eigenvalue weighted by Gasteiger charge is 2.21. The van der Waals surface area contributed by atoms with Gasteiger partial charge in [-0.05, 0) is 47.5 Å². The van der Waals surface area contributed by atoms with Gasteiger partial charge < -0.3 is 14.7 Å². The van der Waals surface area contributed by atoms with Crippen molar-refractivity contribution in [3.63, 3.8) is 0 Å². The minimum absolute atomic E-state index is 0.245. The first kappa shape index (κ1) is 23.1. The maximum atomic E-state index is 10.7. The lowest BCUT2D eigenvalue weighted by molar-refractivity contribution is -0.00893. The molecule has 168 valence electrons. The van der Waals surface area contributed by atoms with Crippen LogP contribution in [0.5, 0.6) is 0 Å². The van der Waals surface area contributed by atoms with Crippen molar-refractivity contribution in [1.29, 1.82) is 0 Å². The summed E-state index contributed by atoms with van der Waals surface area (Å²) in [7, 11) is 0. The van der Waals surface area contributed by atoms with Gasteiger partial charge >= 0.3 is 0 Å². The molecule has 1 aliphatic rings. The number of halogens is 2. The number of aliphatic hydroxyl groups is 1. The van der Waals surface area contributed by atoms with Crippen molar-refractivity contribution in [2.75, 3.05) is 44.2 Å². The summed E-state index contributed by atoms with van der Waals surface area (Å²) in [5, 5.41) is 12.1. The van der Waals surface area contributed by atoms with Gasteiger partial charge in [0.2, 0.25) is 0 Å². The zero-order valence-electron chi connectivity index (χ0n) is 17.9. The number of benzene rings is 3. The molecule has 0 aliphatic carbocycles. The van der Waals surface area contributed by atoms with Crippen molar-refractivity contribution < 1.29 is 9.84 Å². The Morgan fingerprint density at radius 1 is 0.750 bits per heavy atom. The van der Waals surface area contributed by atoms with Crippen molar-refractivity contribution in [3.8, 4) is 0 Å². The smallest absolute Gasteiger partial charge is 0.108 e. The van der Waals surface area contributed by atoms with E-state index in [1.54, 1.807) is 0 Å². The zero-order chi connectivity index (χ0) is 22.3. The largest absolute Gasteiger partial charge is 0.389 e. The number of ether oxygens (including phenoxy) is 1. The molecule has 1 saturated heterocycles. The van der Waals surface area contributed by atoms with Crippen LogP contribution in [0.25, 0.3) is 0 Å². The lowest BCUT2D eigenvalue weighted by Crippen LogP contribution is -2.49. The van der Waals surface area contributed by atoms with Gasteiger partial charge in [-0.15, -0.1) is 0 Å². The van der Waals surface area contributed by atoms with Crippen LogP contribution in [0.1, 0.15) is 17.2 Å². The monoisotopic (exact) mass is 470 g/mol. The van der Waals surface area contributed by atoms with Gasteiger partial charge in [-0.2, -0.15) is 0 Å². The Balaban J connectivity index is 1.33. The van der Waals surface area contributed by atoms with Gasteiger partial charge in [-0.1, -0.05) is 65.7 Å². The molecule has 3 aromatic rings. The van der Waals surface area contributed by atoms with E-state index in [1.165, 1.54) is 5.69 Å². The first-order valence-corrected chi connectivity index (χ1v) is 11.7. The predicted octanol–water partition coefficient (Wildman–Crippen LogP) is 5.28. The van der Waals surface area contributed by atoms with Crippen molar-refractivity contribution >= 4 is 28.9 Å². The number of piperazine rings is 1. The summed E-state index contributed by atoms with van der Waals surface area (Å²) in [6, 6.07) is 25.7. The van der Waals surface area contributed by atoms with E-state index in [0.29, 0.717) is 16.6 Å². The van der Waals surface area contributed by atoms with E-state index in [1.807, 2.05) is 54.6 Å². The second kappa shape index (κ2) is 11.2. The van der Waals surface area contributed by atoms with Crippen LogP contribution < -0.4 is 4.90 Å². The number of nitrogens with zero attached hydrogens (tertiary/aromatic N) is 2. The summed E-state index contributed by atoms with van der Waals surface area (Å²) in [4.78, 5) is 4.68. The SMILES string of the molecule is OC(COC(c1ccc(Cl)cc1)c1ccc(Cl)cc1)CN1CCN(c2ccccc2)CC1. The number of hydrogen-bond acceptors (Lipinski definition) is 4. The number of aliphatic hydroxyl groups excluding tert-OH is 1. The number of anilines is 1. The summed E-state index contributed by atoms with van der Waals surface area (Å²) in [5.41, 5.74) is 3.23. The summed E-state index contributed by atoms with van der Waals surface area (Å²) in [6.07, 6.45) is -0.866. The summed E-state index contributed by atoms with van der Waals surface area (Å²) >= 11 is 12.1. The van der Waals surface area contributed by atoms with Gasteiger partial charge in [-0.3, -0.25) is 4.90 Å². The molecule has 0 bridgehead atoms. The fraction of sp³-hybridized carbons (Fsp3) is 0.308. The van der Waals surface area contributed by atoms with E-state index in [-0.39, 0.29) is 12.7 Å². The van der Waals surface area contributed by atoms with Gasteiger partial charge in [0.15, 0.2) is 0 Å². The molecule has 1 fully saturated rings. The molecule has 0 amide bonds. The molecule has 1 atom stereocenters. The molecule has 1 N–H and O–H groups in total. The van der Waals surface area contributed by atoms with Gasteiger partial charge in [0.25, 0.3) is 0 Å². The second-order valence-corrected chi connectivity index (χ2v) is 8.97. The molecule has 1 heterocycles. The first-order chi connectivity index (χ1) is 15.6. The van der Waals surface area contributed by atoms with E-state index in [9.17, 15) is 5.11 Å². The summed E-state index contributed by atoms with van der Waals surface area (Å²) in [5.74, 6) is 0. The number of para-hydroxylation sites is 1. The van der Waals surface area contributed by atoms with Gasteiger partial charge in [0.1, 0.15) is 6.10 Å². The molecule has 0 radical (unpaired) electrons. The molecule has 4 nitrogen and oxygen atoms in total. The Kier molecular flexibility index (Phi) is 8.06. The molecule has 1 unspecified atom stereocenters. The van der Waals surface area contributed by atoms with Crippen LogP contribution in [0.15, 0.2) is 78.9 Å². The number of hydrogen-bond donors (Lipinski definition) is 1. The average molecular weight is 471 g/mol. The van der Waals surface area contributed by atoms with E-state index in [2.05, 4.69) is 34.1 Å². The third kappa shape index (κ3) is 6.25. The Morgan fingerprint density at radius 3 is 1.81 bits per heavy atom. The topological polar surface area (TPSA) is 35.9 Å². The molecular formula is C26H28Cl2N2O2. The van der Waals surface area contributed by atoms with Crippen LogP contribution in [-0.4, -0.2) is 55.4 Å². The van der Waals surface area contributed by atoms with Crippen molar-refractivity contribution in [2.45, 2.75) is 12.2 Å². The quantitative estimate of drug-likeness (QED) is 0.485. The summed E-state index contributed by atoms with van der Waals surface area (Å²) < 4.78 is 6.21. The minimum Gasteiger partial charge on any atom is -0.389 e. The van der Waals surface area contributed by atoms with E-state index >= 15 is 0 Å². The normalized spacial score (nSPS) is 15.8. The molecule has 0 spiro atoms. The Labute approximate surface area is 199 Å². The molecule has 3 aromatic carbocycles. The molecule has 32 heavy (non-hydrogen) atoms. The highest BCUT2D eigenvalue weighted by Crippen LogP contribution is 2.28. The van der Waals surface area contributed by atoms with Crippen LogP contribution in [0.3, 0.4) is 0 Å². The fourth-order valence-corrected chi connectivity index (χ4v) is 4.30. The lowest BCUT2D eigenvalue weighted by Gasteiger charge is -2.37. The number of β-amino-alcohol motifs (C(OH)–C–C–N with tert-alkyl or cyclic N) is 1. The highest BCUT2D eigenvalue weighted by molar-refractivity contribution is 6.30. The van der Waals surface area contributed by atoms with Crippen LogP contribution in [0, 0.1) is 0 Å². The lowest BCUT2D eigenvalue weighted by atomic mass is 10.0. The molecule has 1 aliphatic heterocycles. The van der Waals surface area contributed by atoms with E-state index in [4.69, 9.17) is 27.9 Å². The maximum absolute atomic E-state index is 10.7. The average Bonchev–Trinajstić information content (AvgIpc) is 2.82. The van der Waals surface area contributed by atoms with Gasteiger partial charge in [0.05, 0.1) is 12.7 Å². The third-order valence-corrected chi connectivity index (χ3v) is 6.27. The maximum Gasteiger partial charge on any atom is 0.108 e. The number of rotatable bonds is 8. The Hall–Kier alpha value is -2.08. The van der Waals surface area contributed by atoms with Gasteiger partial charge in [-0.25, -0.2) is 0 Å². The standard InChI is InChI=1S/C26H28Cl2N2O2/c27-22-10-6-20(7-11-22)26(21-8-12-23(28)13-9-21)32-19-25(31)18-29-14-16-30(17-15-29)24-4-2-1-3-5-24/h1-13,25-26,31H,14-19H2. The Bertz CT molecular complexity index is 914. The molecule has 0 aromatic heterocycles. The van der Waals surface area contributed by atoms with Gasteiger partial charge in [0, 0.05) is 48.5 Å². The fourth-order valence-electron chi connectivity index (χ4n) is 4.05. The Morgan fingerprint density at radius 2 is 1.28 bits per heavy atom. The van der Waals surface area contributed by atoms with E-state index in [0.717, 1.165) is 37.3 Å². The molecular weight excluding hydrogens is 443 g/mol. The minimum atomic E-state index is -0.569. The zero-order valence-corrected chi connectivity index (χ0v) is 19.4. The summed E-state index contributed by atoms with van der Waals surface area (Å²) in [6.45, 7) is 4.59. The first-order valence-electron chi connectivity index (χ1n) is 10.9. The van der Waals surface area contributed by atoms with Crippen molar-refractivity contribution in [1.82, 2.24) is 4.90 Å². The molecule has 4 rings (SSSR count). The van der Waals surface area contributed by atoms with Crippen LogP contribution >= 0.6 is 23.2 Å². The van der Waals surface area contributed by atoms with Crippen LogP contribution in [-0.2, 0) is 4.74 Å². The predicted molar refractivity (Wildman–Crippen MR) is 132 cm³/mol. The van der Waals surface area contributed by atoms with Crippen LogP contribution in [0.2, 0.25) is 10.0 Å². The van der Waals surface area contributed by atoms with E-state index < -0.39 is 6.10 Å².